The molecule has 2 N–H and O–H groups in total. The summed E-state index contributed by atoms with van der Waals surface area (Å²) in [5.74, 6) is 0.506. The molecule has 0 aromatic carbocycles. The second kappa shape index (κ2) is 2.85. The molecule has 1 aromatic rings. The number of nitrogens with two attached hydrogens (primary N) is 1. The molecule has 1 heterocycles. The van der Waals surface area contributed by atoms with Crippen LogP contribution in [-0.4, -0.2) is 15.8 Å². The highest BCUT2D eigenvalue weighted by molar-refractivity contribution is 9.10. The van der Waals surface area contributed by atoms with E-state index in [1.54, 1.807) is 0 Å². The Bertz CT molecular complexity index is 275. The lowest BCUT2D eigenvalue weighted by molar-refractivity contribution is 0.330. The van der Waals surface area contributed by atoms with Crippen molar-refractivity contribution in [1.82, 2.24) is 9.78 Å². The van der Waals surface area contributed by atoms with Crippen LogP contribution in [0.2, 0.25) is 0 Å². The lowest BCUT2D eigenvalue weighted by Crippen LogP contribution is -2.38. The van der Waals surface area contributed by atoms with Gasteiger partial charge in [0.15, 0.2) is 0 Å². The first-order valence-electron chi connectivity index (χ1n) is 4.13. The van der Waals surface area contributed by atoms with Gasteiger partial charge < -0.3 is 5.73 Å². The second-order valence-corrected chi connectivity index (χ2v) is 4.20. The molecular formula is C8H12BrN3. The third kappa shape index (κ3) is 1.10. The van der Waals surface area contributed by atoms with Crippen LogP contribution in [0.3, 0.4) is 0 Å². The van der Waals surface area contributed by atoms with Gasteiger partial charge in [0.05, 0.1) is 16.4 Å². The monoisotopic (exact) mass is 229 g/mol. The second-order valence-electron chi connectivity index (χ2n) is 3.35. The lowest BCUT2D eigenvalue weighted by Gasteiger charge is -2.33. The van der Waals surface area contributed by atoms with Gasteiger partial charge in [-0.2, -0.15) is 5.10 Å². The Morgan fingerprint density at radius 1 is 1.67 bits per heavy atom. The van der Waals surface area contributed by atoms with Gasteiger partial charge in [-0.3, -0.25) is 4.68 Å². The Kier molecular flexibility index (Phi) is 1.96. The van der Waals surface area contributed by atoms with Crippen molar-refractivity contribution in [2.24, 2.45) is 12.8 Å². The van der Waals surface area contributed by atoms with E-state index in [4.69, 9.17) is 5.73 Å². The molecule has 1 aliphatic rings. The zero-order valence-electron chi connectivity index (χ0n) is 7.00. The average Bonchev–Trinajstić information content (AvgIpc) is 2.33. The molecule has 2 rings (SSSR count). The van der Waals surface area contributed by atoms with Crippen molar-refractivity contribution >= 4 is 15.9 Å². The Hall–Kier alpha value is -0.350. The number of hydrogen-bond acceptors (Lipinski definition) is 2. The van der Waals surface area contributed by atoms with E-state index in [0.717, 1.165) is 10.9 Å². The first-order chi connectivity index (χ1) is 5.70. The van der Waals surface area contributed by atoms with Crippen molar-refractivity contribution in [3.63, 3.8) is 0 Å². The number of aromatic nitrogens is 2. The number of hydrogen-bond donors (Lipinski definition) is 1. The Labute approximate surface area is 80.1 Å². The Balaban J connectivity index is 2.32. The van der Waals surface area contributed by atoms with Gasteiger partial charge in [0, 0.05) is 19.0 Å². The van der Waals surface area contributed by atoms with Crippen LogP contribution in [-0.2, 0) is 7.05 Å². The van der Waals surface area contributed by atoms with E-state index in [-0.39, 0.29) is 0 Å². The molecule has 2 atom stereocenters. The van der Waals surface area contributed by atoms with Gasteiger partial charge in [-0.1, -0.05) is 0 Å². The number of halogens is 1. The zero-order valence-corrected chi connectivity index (χ0v) is 8.58. The minimum absolute atomic E-state index is 0.330. The van der Waals surface area contributed by atoms with Crippen LogP contribution in [0.1, 0.15) is 24.5 Å². The van der Waals surface area contributed by atoms with Crippen LogP contribution < -0.4 is 5.73 Å². The Morgan fingerprint density at radius 3 is 2.75 bits per heavy atom. The molecule has 2 unspecified atom stereocenters. The van der Waals surface area contributed by atoms with E-state index >= 15 is 0 Å². The third-order valence-electron chi connectivity index (χ3n) is 2.62. The fourth-order valence-electron chi connectivity index (χ4n) is 1.70. The van der Waals surface area contributed by atoms with E-state index in [1.807, 2.05) is 17.9 Å². The predicted octanol–water partition coefficient (Wildman–Crippen LogP) is 1.39. The third-order valence-corrected chi connectivity index (χ3v) is 3.23. The molecule has 1 aliphatic carbocycles. The molecule has 1 fully saturated rings. The average molecular weight is 230 g/mol. The molecule has 0 aliphatic heterocycles. The lowest BCUT2D eigenvalue weighted by atomic mass is 9.78. The minimum Gasteiger partial charge on any atom is -0.327 e. The summed E-state index contributed by atoms with van der Waals surface area (Å²) in [6.07, 6.45) is 4.17. The van der Waals surface area contributed by atoms with E-state index in [9.17, 15) is 0 Å². The highest BCUT2D eigenvalue weighted by Gasteiger charge is 2.32. The smallest absolute Gasteiger partial charge is 0.0635 e. The molecule has 1 aromatic heterocycles. The van der Waals surface area contributed by atoms with Gasteiger partial charge in [0.1, 0.15) is 0 Å². The van der Waals surface area contributed by atoms with E-state index in [2.05, 4.69) is 21.0 Å². The molecule has 0 spiro atoms. The molecule has 0 radical (unpaired) electrons. The number of nitrogens with zero attached hydrogens (tertiary/aromatic N) is 2. The summed E-state index contributed by atoms with van der Waals surface area (Å²) in [5.41, 5.74) is 7.13. The summed E-state index contributed by atoms with van der Waals surface area (Å²) in [5, 5.41) is 4.17. The maximum Gasteiger partial charge on any atom is 0.0635 e. The first kappa shape index (κ1) is 8.26. The van der Waals surface area contributed by atoms with E-state index < -0.39 is 0 Å². The standard InChI is InChI=1S/C8H12BrN3/c1-12-8(6(9)4-11-12)5-2-3-7(5)10/h4-5,7H,2-3,10H2,1H3. The predicted molar refractivity (Wildman–Crippen MR) is 50.9 cm³/mol. The highest BCUT2D eigenvalue weighted by Crippen LogP contribution is 2.38. The highest BCUT2D eigenvalue weighted by atomic mass is 79.9. The summed E-state index contributed by atoms with van der Waals surface area (Å²) in [6, 6.07) is 0.330. The van der Waals surface area contributed by atoms with E-state index in [0.29, 0.717) is 12.0 Å². The summed E-state index contributed by atoms with van der Waals surface area (Å²) in [7, 11) is 1.96. The fraction of sp³-hybridized carbons (Fsp3) is 0.625. The maximum absolute atomic E-state index is 5.89. The van der Waals surface area contributed by atoms with Crippen LogP contribution in [0.25, 0.3) is 0 Å². The fourth-order valence-corrected chi connectivity index (χ4v) is 2.34. The van der Waals surface area contributed by atoms with Gasteiger partial charge in [-0.05, 0) is 28.8 Å². The van der Waals surface area contributed by atoms with Crippen LogP contribution in [0, 0.1) is 0 Å². The number of aryl methyl sites for hydroxylation is 1. The van der Waals surface area contributed by atoms with Crippen molar-refractivity contribution < 1.29 is 0 Å². The van der Waals surface area contributed by atoms with E-state index in [1.165, 1.54) is 12.1 Å². The number of rotatable bonds is 1. The molecular weight excluding hydrogens is 218 g/mol. The maximum atomic E-state index is 5.89. The molecule has 0 bridgehead atoms. The molecule has 3 nitrogen and oxygen atoms in total. The van der Waals surface area contributed by atoms with Crippen molar-refractivity contribution in [2.75, 3.05) is 0 Å². The van der Waals surface area contributed by atoms with Gasteiger partial charge in [0.25, 0.3) is 0 Å². The SMILES string of the molecule is Cn1ncc(Br)c1C1CCC1N. The minimum atomic E-state index is 0.330. The van der Waals surface area contributed by atoms with Crippen LogP contribution >= 0.6 is 15.9 Å². The van der Waals surface area contributed by atoms with Crippen molar-refractivity contribution in [3.05, 3.63) is 16.4 Å². The van der Waals surface area contributed by atoms with Crippen molar-refractivity contribution in [3.8, 4) is 0 Å². The van der Waals surface area contributed by atoms with Gasteiger partial charge in [0.2, 0.25) is 0 Å². The summed E-state index contributed by atoms with van der Waals surface area (Å²) < 4.78 is 3.00. The van der Waals surface area contributed by atoms with Crippen LogP contribution in [0.5, 0.6) is 0 Å². The Morgan fingerprint density at radius 2 is 2.42 bits per heavy atom. The van der Waals surface area contributed by atoms with Crippen molar-refractivity contribution in [2.45, 2.75) is 24.8 Å². The first-order valence-corrected chi connectivity index (χ1v) is 4.92. The molecule has 4 heteroatoms. The summed E-state index contributed by atoms with van der Waals surface area (Å²) in [4.78, 5) is 0. The van der Waals surface area contributed by atoms with Gasteiger partial charge >= 0.3 is 0 Å². The molecule has 1 saturated carbocycles. The molecule has 0 saturated heterocycles. The van der Waals surface area contributed by atoms with Crippen LogP contribution in [0.4, 0.5) is 0 Å². The molecule has 12 heavy (non-hydrogen) atoms. The van der Waals surface area contributed by atoms with Crippen LogP contribution in [0.15, 0.2) is 10.7 Å². The normalized spacial score (nSPS) is 28.6. The molecule has 66 valence electrons. The topological polar surface area (TPSA) is 43.8 Å². The van der Waals surface area contributed by atoms with Gasteiger partial charge in [-0.25, -0.2) is 0 Å². The van der Waals surface area contributed by atoms with Gasteiger partial charge in [-0.15, -0.1) is 0 Å². The summed E-state index contributed by atoms with van der Waals surface area (Å²) >= 11 is 3.48. The molecule has 0 amide bonds. The quantitative estimate of drug-likeness (QED) is 0.792. The van der Waals surface area contributed by atoms with Crippen molar-refractivity contribution in [1.29, 1.82) is 0 Å². The zero-order chi connectivity index (χ0) is 8.72. The largest absolute Gasteiger partial charge is 0.327 e. The summed E-state index contributed by atoms with van der Waals surface area (Å²) in [6.45, 7) is 0.